The zero-order valence-corrected chi connectivity index (χ0v) is 11.1. The normalized spacial score (nSPS) is 10.7. The summed E-state index contributed by atoms with van der Waals surface area (Å²) < 4.78 is 13.1. The topological polar surface area (TPSA) is 30.0 Å². The van der Waals surface area contributed by atoms with Gasteiger partial charge in [-0.15, -0.1) is 0 Å². The lowest BCUT2D eigenvalue weighted by Gasteiger charge is -2.07. The molecule has 20 heavy (non-hydrogen) atoms. The van der Waals surface area contributed by atoms with Crippen molar-refractivity contribution in [2.45, 2.75) is 0 Å². The van der Waals surface area contributed by atoms with Crippen LogP contribution in [0.1, 0.15) is 15.9 Å². The number of ketones is 1. The van der Waals surface area contributed by atoms with Crippen molar-refractivity contribution in [1.82, 2.24) is 4.98 Å². The molecule has 2 nitrogen and oxygen atoms in total. The van der Waals surface area contributed by atoms with Crippen LogP contribution in [0.25, 0.3) is 10.8 Å². The predicted octanol–water partition coefficient (Wildman–Crippen LogP) is 4.26. The first kappa shape index (κ1) is 12.8. The molecule has 1 aromatic heterocycles. The van der Waals surface area contributed by atoms with Gasteiger partial charge in [-0.3, -0.25) is 9.78 Å². The number of benzene rings is 2. The van der Waals surface area contributed by atoms with Crippen LogP contribution >= 0.6 is 11.6 Å². The average molecular weight is 286 g/mol. The van der Waals surface area contributed by atoms with Crippen molar-refractivity contribution in [3.8, 4) is 0 Å². The zero-order chi connectivity index (χ0) is 14.1. The van der Waals surface area contributed by atoms with E-state index in [1.807, 2.05) is 12.1 Å². The van der Waals surface area contributed by atoms with Crippen molar-refractivity contribution < 1.29 is 9.18 Å². The maximum Gasteiger partial charge on any atom is 0.195 e. The molecular weight excluding hydrogens is 277 g/mol. The maximum absolute atomic E-state index is 13.1. The molecule has 0 saturated carbocycles. The number of pyridine rings is 1. The highest BCUT2D eigenvalue weighted by Crippen LogP contribution is 2.24. The third kappa shape index (κ3) is 2.17. The minimum absolute atomic E-state index is 0.107. The van der Waals surface area contributed by atoms with Gasteiger partial charge in [-0.25, -0.2) is 4.39 Å². The van der Waals surface area contributed by atoms with E-state index < -0.39 is 5.82 Å². The molecule has 0 aliphatic carbocycles. The van der Waals surface area contributed by atoms with Gasteiger partial charge in [-0.1, -0.05) is 29.8 Å². The summed E-state index contributed by atoms with van der Waals surface area (Å²) in [6.45, 7) is 0. The molecule has 0 unspecified atom stereocenters. The molecule has 3 aromatic rings. The summed E-state index contributed by atoms with van der Waals surface area (Å²) in [5.41, 5.74) is 0.786. The molecule has 0 fully saturated rings. The summed E-state index contributed by atoms with van der Waals surface area (Å²) in [6.07, 6.45) is 3.31. The molecular formula is C16H9ClFNO. The monoisotopic (exact) mass is 285 g/mol. The second kappa shape index (κ2) is 5.02. The van der Waals surface area contributed by atoms with E-state index in [0.29, 0.717) is 5.56 Å². The Bertz CT molecular complexity index is 811. The highest BCUT2D eigenvalue weighted by molar-refractivity contribution is 6.35. The van der Waals surface area contributed by atoms with Gasteiger partial charge >= 0.3 is 0 Å². The molecule has 0 N–H and O–H groups in total. The number of hydrogen-bond acceptors (Lipinski definition) is 2. The standard InChI is InChI=1S/C16H9ClFNO/c17-15-8-11(18)4-5-13(15)16(20)12-3-1-2-10-6-7-19-9-14(10)12/h1-9H. The van der Waals surface area contributed by atoms with E-state index in [9.17, 15) is 9.18 Å². The Morgan fingerprint density at radius 3 is 2.75 bits per heavy atom. The smallest absolute Gasteiger partial charge is 0.195 e. The van der Waals surface area contributed by atoms with E-state index in [2.05, 4.69) is 4.98 Å². The van der Waals surface area contributed by atoms with Gasteiger partial charge in [-0.05, 0) is 29.7 Å². The van der Waals surface area contributed by atoms with Gasteiger partial charge in [0.1, 0.15) is 5.82 Å². The number of fused-ring (bicyclic) bond motifs is 1. The molecule has 0 amide bonds. The first-order valence-electron chi connectivity index (χ1n) is 5.99. The van der Waals surface area contributed by atoms with Crippen molar-refractivity contribution >= 4 is 28.2 Å². The van der Waals surface area contributed by atoms with Gasteiger partial charge in [0.2, 0.25) is 0 Å². The molecule has 0 aliphatic heterocycles. The molecule has 0 saturated heterocycles. The second-order valence-electron chi connectivity index (χ2n) is 4.36. The molecule has 2 aromatic carbocycles. The lowest BCUT2D eigenvalue weighted by molar-refractivity contribution is 0.104. The predicted molar refractivity (Wildman–Crippen MR) is 76.6 cm³/mol. The molecule has 0 bridgehead atoms. The number of carbonyl (C=O) groups is 1. The van der Waals surface area contributed by atoms with Gasteiger partial charge in [0.25, 0.3) is 0 Å². The quantitative estimate of drug-likeness (QED) is 0.659. The third-order valence-corrected chi connectivity index (χ3v) is 3.42. The fraction of sp³-hybridized carbons (Fsp3) is 0. The van der Waals surface area contributed by atoms with Gasteiger partial charge in [-0.2, -0.15) is 0 Å². The summed E-state index contributed by atoms with van der Waals surface area (Å²) in [6, 6.07) is 11.0. The molecule has 98 valence electrons. The summed E-state index contributed by atoms with van der Waals surface area (Å²) >= 11 is 5.95. The van der Waals surface area contributed by atoms with Crippen molar-refractivity contribution in [1.29, 1.82) is 0 Å². The first-order chi connectivity index (χ1) is 9.66. The molecule has 0 aliphatic rings. The van der Waals surface area contributed by atoms with Crippen LogP contribution in [-0.4, -0.2) is 10.8 Å². The number of halogens is 2. The second-order valence-corrected chi connectivity index (χ2v) is 4.76. The molecule has 4 heteroatoms. The van der Waals surface area contributed by atoms with E-state index in [-0.39, 0.29) is 16.4 Å². The molecule has 1 heterocycles. The SMILES string of the molecule is O=C(c1ccc(F)cc1Cl)c1cccc2ccncc12. The average Bonchev–Trinajstić information content (AvgIpc) is 2.46. The van der Waals surface area contributed by atoms with Crippen molar-refractivity contribution in [2.24, 2.45) is 0 Å². The minimum atomic E-state index is -0.467. The number of rotatable bonds is 2. The van der Waals surface area contributed by atoms with E-state index in [0.717, 1.165) is 16.8 Å². The molecule has 0 radical (unpaired) electrons. The van der Waals surface area contributed by atoms with Crippen LogP contribution in [0.3, 0.4) is 0 Å². The fourth-order valence-corrected chi connectivity index (χ4v) is 2.38. The van der Waals surface area contributed by atoms with Crippen LogP contribution < -0.4 is 0 Å². The Kier molecular flexibility index (Phi) is 3.20. The Morgan fingerprint density at radius 1 is 1.10 bits per heavy atom. The summed E-state index contributed by atoms with van der Waals surface area (Å²) in [4.78, 5) is 16.6. The lowest BCUT2D eigenvalue weighted by atomic mass is 9.98. The summed E-state index contributed by atoms with van der Waals surface area (Å²) in [5, 5.41) is 1.78. The van der Waals surface area contributed by atoms with Gasteiger partial charge in [0, 0.05) is 28.9 Å². The number of nitrogens with zero attached hydrogens (tertiary/aromatic N) is 1. The highest BCUT2D eigenvalue weighted by Gasteiger charge is 2.15. The highest BCUT2D eigenvalue weighted by atomic mass is 35.5. The maximum atomic E-state index is 13.1. The van der Waals surface area contributed by atoms with Crippen LogP contribution in [0.2, 0.25) is 5.02 Å². The Balaban J connectivity index is 2.18. The van der Waals surface area contributed by atoms with Crippen LogP contribution in [-0.2, 0) is 0 Å². The fourth-order valence-electron chi connectivity index (χ4n) is 2.13. The number of aromatic nitrogens is 1. The molecule has 0 spiro atoms. The zero-order valence-electron chi connectivity index (χ0n) is 10.3. The van der Waals surface area contributed by atoms with Crippen LogP contribution in [0.5, 0.6) is 0 Å². The van der Waals surface area contributed by atoms with Crippen LogP contribution in [0.4, 0.5) is 4.39 Å². The van der Waals surface area contributed by atoms with Gasteiger partial charge in [0.05, 0.1) is 5.02 Å². The Labute approximate surface area is 119 Å². The van der Waals surface area contributed by atoms with Crippen molar-refractivity contribution in [3.05, 3.63) is 76.8 Å². The summed E-state index contributed by atoms with van der Waals surface area (Å²) in [5.74, 6) is -0.709. The molecule has 3 rings (SSSR count). The van der Waals surface area contributed by atoms with E-state index >= 15 is 0 Å². The number of carbonyl (C=O) groups excluding carboxylic acids is 1. The van der Waals surface area contributed by atoms with Gasteiger partial charge in [0.15, 0.2) is 5.78 Å². The van der Waals surface area contributed by atoms with Crippen LogP contribution in [0.15, 0.2) is 54.9 Å². The van der Waals surface area contributed by atoms with Crippen LogP contribution in [0, 0.1) is 5.82 Å². The lowest BCUT2D eigenvalue weighted by Crippen LogP contribution is -2.03. The minimum Gasteiger partial charge on any atom is -0.289 e. The number of hydrogen-bond donors (Lipinski definition) is 0. The Morgan fingerprint density at radius 2 is 1.95 bits per heavy atom. The van der Waals surface area contributed by atoms with Crippen molar-refractivity contribution in [3.63, 3.8) is 0 Å². The van der Waals surface area contributed by atoms with Crippen molar-refractivity contribution in [2.75, 3.05) is 0 Å². The Hall–Kier alpha value is -2.26. The largest absolute Gasteiger partial charge is 0.289 e. The summed E-state index contributed by atoms with van der Waals surface area (Å²) in [7, 11) is 0. The third-order valence-electron chi connectivity index (χ3n) is 3.10. The van der Waals surface area contributed by atoms with E-state index in [1.165, 1.54) is 12.1 Å². The first-order valence-corrected chi connectivity index (χ1v) is 6.37. The van der Waals surface area contributed by atoms with E-state index in [4.69, 9.17) is 11.6 Å². The van der Waals surface area contributed by atoms with Gasteiger partial charge < -0.3 is 0 Å². The molecule has 0 atom stereocenters. The van der Waals surface area contributed by atoms with E-state index in [1.54, 1.807) is 24.5 Å².